The summed E-state index contributed by atoms with van der Waals surface area (Å²) in [5, 5.41) is 6.21. The van der Waals surface area contributed by atoms with Crippen LogP contribution >= 0.6 is 0 Å². The molecule has 0 saturated heterocycles. The number of urea groups is 1. The Morgan fingerprint density at radius 1 is 1.12 bits per heavy atom. The number of hydrogen-bond acceptors (Lipinski definition) is 2. The minimum Gasteiger partial charge on any atom is -0.361 e. The van der Waals surface area contributed by atoms with Crippen molar-refractivity contribution in [3.05, 3.63) is 71.7 Å². The van der Waals surface area contributed by atoms with E-state index in [0.717, 1.165) is 22.0 Å². The molecule has 3 aromatic rings. The Bertz CT molecular complexity index is 921. The number of aromatic nitrogens is 1. The molecule has 3 rings (SSSR count). The first-order chi connectivity index (χ1) is 12.5. The average molecular weight is 354 g/mol. The number of para-hydroxylation sites is 1. The van der Waals surface area contributed by atoms with Crippen LogP contribution in [0.1, 0.15) is 11.1 Å². The summed E-state index contributed by atoms with van der Waals surface area (Å²) in [7, 11) is 0. The third-order valence-corrected chi connectivity index (χ3v) is 4.11. The molecule has 0 radical (unpaired) electrons. The van der Waals surface area contributed by atoms with Crippen LogP contribution in [0.3, 0.4) is 0 Å². The summed E-state index contributed by atoms with van der Waals surface area (Å²) in [6.45, 7) is 0.226. The first kappa shape index (κ1) is 17.5. The van der Waals surface area contributed by atoms with Crippen LogP contribution in [0.5, 0.6) is 0 Å². The van der Waals surface area contributed by atoms with Crippen molar-refractivity contribution in [1.29, 1.82) is 0 Å². The van der Waals surface area contributed by atoms with Crippen LogP contribution in [-0.4, -0.2) is 23.0 Å². The summed E-state index contributed by atoms with van der Waals surface area (Å²) >= 11 is 0. The molecule has 2 aromatic carbocycles. The molecular weight excluding hydrogens is 335 g/mol. The van der Waals surface area contributed by atoms with Gasteiger partial charge in [0, 0.05) is 30.1 Å². The number of primary amides is 1. The van der Waals surface area contributed by atoms with Gasteiger partial charge in [-0.25, -0.2) is 9.18 Å². The molecule has 0 aliphatic carbocycles. The summed E-state index contributed by atoms with van der Waals surface area (Å²) in [6.07, 6.45) is 2.11. The smallest absolute Gasteiger partial charge is 0.312 e. The highest BCUT2D eigenvalue weighted by atomic mass is 19.1. The second-order valence-electron chi connectivity index (χ2n) is 5.97. The Balaban J connectivity index is 1.71. The van der Waals surface area contributed by atoms with E-state index >= 15 is 0 Å². The molecule has 5 N–H and O–H groups in total. The Kier molecular flexibility index (Phi) is 5.17. The standard InChI is InChI=1S/C19H19FN4O2/c20-14-7-5-12(6-8-14)10-23-18(25)17(24-19(21)26)9-13-11-22-16-4-2-1-3-15(13)16/h1-8,11,17,22H,9-10H2,(H,23,25)(H3,21,24,26). The van der Waals surface area contributed by atoms with Crippen LogP contribution < -0.4 is 16.4 Å². The van der Waals surface area contributed by atoms with Crippen molar-refractivity contribution in [2.24, 2.45) is 5.73 Å². The van der Waals surface area contributed by atoms with Gasteiger partial charge in [0.2, 0.25) is 5.91 Å². The highest BCUT2D eigenvalue weighted by molar-refractivity contribution is 5.88. The lowest BCUT2D eigenvalue weighted by Gasteiger charge is -2.17. The Morgan fingerprint density at radius 2 is 1.85 bits per heavy atom. The molecule has 0 aliphatic heterocycles. The molecule has 0 aliphatic rings. The van der Waals surface area contributed by atoms with E-state index < -0.39 is 12.1 Å². The first-order valence-electron chi connectivity index (χ1n) is 8.16. The monoisotopic (exact) mass is 354 g/mol. The summed E-state index contributed by atoms with van der Waals surface area (Å²) in [5.74, 6) is -0.703. The number of fused-ring (bicyclic) bond motifs is 1. The third-order valence-electron chi connectivity index (χ3n) is 4.11. The third kappa shape index (κ3) is 4.18. The lowest BCUT2D eigenvalue weighted by atomic mass is 10.0. The van der Waals surface area contributed by atoms with E-state index in [1.54, 1.807) is 12.1 Å². The molecule has 1 heterocycles. The van der Waals surface area contributed by atoms with Gasteiger partial charge in [0.15, 0.2) is 0 Å². The van der Waals surface area contributed by atoms with Crippen LogP contribution in [0.4, 0.5) is 9.18 Å². The minimum absolute atomic E-state index is 0.226. The van der Waals surface area contributed by atoms with Gasteiger partial charge in [0.25, 0.3) is 0 Å². The van der Waals surface area contributed by atoms with Gasteiger partial charge in [-0.2, -0.15) is 0 Å². The number of H-pyrrole nitrogens is 1. The zero-order valence-electron chi connectivity index (χ0n) is 14.0. The minimum atomic E-state index is -0.813. The number of aromatic amines is 1. The van der Waals surface area contributed by atoms with Crippen LogP contribution in [0.25, 0.3) is 10.9 Å². The van der Waals surface area contributed by atoms with E-state index in [1.165, 1.54) is 12.1 Å². The number of hydrogen-bond donors (Lipinski definition) is 4. The highest BCUT2D eigenvalue weighted by Crippen LogP contribution is 2.19. The second-order valence-corrected chi connectivity index (χ2v) is 5.97. The fourth-order valence-electron chi connectivity index (χ4n) is 2.82. The summed E-state index contributed by atoms with van der Waals surface area (Å²) in [5.41, 5.74) is 7.82. The normalized spacial score (nSPS) is 11.9. The number of benzene rings is 2. The van der Waals surface area contributed by atoms with Gasteiger partial charge in [-0.15, -0.1) is 0 Å². The highest BCUT2D eigenvalue weighted by Gasteiger charge is 2.21. The molecule has 0 bridgehead atoms. The molecule has 1 aromatic heterocycles. The fourth-order valence-corrected chi connectivity index (χ4v) is 2.82. The first-order valence-corrected chi connectivity index (χ1v) is 8.16. The van der Waals surface area contributed by atoms with Gasteiger partial charge in [-0.1, -0.05) is 30.3 Å². The summed E-state index contributed by atoms with van der Waals surface area (Å²) < 4.78 is 12.9. The zero-order chi connectivity index (χ0) is 18.5. The maximum Gasteiger partial charge on any atom is 0.312 e. The maximum atomic E-state index is 12.9. The van der Waals surface area contributed by atoms with Gasteiger partial charge in [0.1, 0.15) is 11.9 Å². The number of halogens is 1. The van der Waals surface area contributed by atoms with Crippen molar-refractivity contribution >= 4 is 22.8 Å². The van der Waals surface area contributed by atoms with Crippen molar-refractivity contribution in [3.8, 4) is 0 Å². The number of carbonyl (C=O) groups excluding carboxylic acids is 2. The van der Waals surface area contributed by atoms with Gasteiger partial charge in [0.05, 0.1) is 0 Å². The molecule has 1 atom stereocenters. The van der Waals surface area contributed by atoms with Crippen molar-refractivity contribution in [3.63, 3.8) is 0 Å². The molecule has 1 unspecified atom stereocenters. The Morgan fingerprint density at radius 3 is 2.58 bits per heavy atom. The number of nitrogens with two attached hydrogens (primary N) is 1. The number of rotatable bonds is 6. The molecule has 134 valence electrons. The summed E-state index contributed by atoms with van der Waals surface area (Å²) in [4.78, 5) is 27.0. The van der Waals surface area contributed by atoms with Crippen molar-refractivity contribution in [2.75, 3.05) is 0 Å². The van der Waals surface area contributed by atoms with Crippen LogP contribution in [0.15, 0.2) is 54.7 Å². The van der Waals surface area contributed by atoms with Crippen LogP contribution in [-0.2, 0) is 17.8 Å². The number of amides is 3. The van der Waals surface area contributed by atoms with E-state index in [0.29, 0.717) is 6.42 Å². The summed E-state index contributed by atoms with van der Waals surface area (Å²) in [6, 6.07) is 11.9. The van der Waals surface area contributed by atoms with Crippen molar-refractivity contribution in [1.82, 2.24) is 15.6 Å². The van der Waals surface area contributed by atoms with Crippen molar-refractivity contribution in [2.45, 2.75) is 19.0 Å². The van der Waals surface area contributed by atoms with Crippen molar-refractivity contribution < 1.29 is 14.0 Å². The predicted molar refractivity (Wildman–Crippen MR) is 96.8 cm³/mol. The Labute approximate surface area is 149 Å². The second kappa shape index (κ2) is 7.69. The largest absolute Gasteiger partial charge is 0.361 e. The van der Waals surface area contributed by atoms with E-state index in [4.69, 9.17) is 5.73 Å². The lowest BCUT2D eigenvalue weighted by Crippen LogP contribution is -2.49. The van der Waals surface area contributed by atoms with Gasteiger partial charge >= 0.3 is 6.03 Å². The number of nitrogens with one attached hydrogen (secondary N) is 3. The van der Waals surface area contributed by atoms with Crippen LogP contribution in [0, 0.1) is 5.82 Å². The topological polar surface area (TPSA) is 100 Å². The maximum absolute atomic E-state index is 12.9. The molecule has 3 amide bonds. The Hall–Kier alpha value is -3.35. The molecule has 0 saturated carbocycles. The van der Waals surface area contributed by atoms with E-state index in [1.807, 2.05) is 30.5 Å². The molecule has 26 heavy (non-hydrogen) atoms. The van der Waals surface area contributed by atoms with Crippen LogP contribution in [0.2, 0.25) is 0 Å². The number of carbonyl (C=O) groups is 2. The van der Waals surface area contributed by atoms with E-state index in [2.05, 4.69) is 15.6 Å². The van der Waals surface area contributed by atoms with Gasteiger partial charge in [-0.05, 0) is 29.3 Å². The molecule has 6 nitrogen and oxygen atoms in total. The zero-order valence-corrected chi connectivity index (χ0v) is 14.0. The SMILES string of the molecule is NC(=O)NC(Cc1c[nH]c2ccccc12)C(=O)NCc1ccc(F)cc1. The molecule has 0 fully saturated rings. The van der Waals surface area contributed by atoms with E-state index in [-0.39, 0.29) is 18.3 Å². The lowest BCUT2D eigenvalue weighted by molar-refractivity contribution is -0.123. The molecule has 0 spiro atoms. The molecule has 7 heteroatoms. The van der Waals surface area contributed by atoms with E-state index in [9.17, 15) is 14.0 Å². The van der Waals surface area contributed by atoms with Gasteiger partial charge in [-0.3, -0.25) is 4.79 Å². The average Bonchev–Trinajstić information content (AvgIpc) is 3.03. The fraction of sp³-hybridized carbons (Fsp3) is 0.158. The predicted octanol–water partition coefficient (Wildman–Crippen LogP) is 2.20. The molecular formula is C19H19FN4O2. The quantitative estimate of drug-likeness (QED) is 0.546. The van der Waals surface area contributed by atoms with Gasteiger partial charge < -0.3 is 21.4 Å².